The summed E-state index contributed by atoms with van der Waals surface area (Å²) >= 11 is 0. The summed E-state index contributed by atoms with van der Waals surface area (Å²) in [6.45, 7) is 1.46. The Kier molecular flexibility index (Phi) is 5.64. The highest BCUT2D eigenvalue weighted by atomic mass is 16.5. The largest absolute Gasteiger partial charge is 0.381 e. The Labute approximate surface area is 142 Å². The van der Waals surface area contributed by atoms with Gasteiger partial charge < -0.3 is 15.4 Å². The van der Waals surface area contributed by atoms with Crippen molar-refractivity contribution in [2.75, 3.05) is 13.2 Å². The fraction of sp³-hybridized carbons (Fsp3) is 0.250. The molecule has 0 spiro atoms. The molecule has 1 aliphatic heterocycles. The van der Waals surface area contributed by atoms with Crippen LogP contribution in [0.15, 0.2) is 72.4 Å². The minimum atomic E-state index is -0.202. The lowest BCUT2D eigenvalue weighted by molar-refractivity contribution is 0.119. The van der Waals surface area contributed by atoms with E-state index in [9.17, 15) is 4.79 Å². The molecule has 1 aliphatic rings. The highest BCUT2D eigenvalue weighted by Gasteiger charge is 2.16. The van der Waals surface area contributed by atoms with Gasteiger partial charge in [-0.25, -0.2) is 4.79 Å². The number of nitrogens with one attached hydrogen (secondary N) is 2. The first-order valence-electron chi connectivity index (χ1n) is 8.25. The molecule has 1 fully saturated rings. The van der Waals surface area contributed by atoms with E-state index < -0.39 is 0 Å². The summed E-state index contributed by atoms with van der Waals surface area (Å²) in [5, 5.41) is 5.92. The molecule has 2 N–H and O–H groups in total. The van der Waals surface area contributed by atoms with Crippen LogP contribution in [0.3, 0.4) is 0 Å². The summed E-state index contributed by atoms with van der Waals surface area (Å²) in [6, 6.07) is 19.6. The second-order valence-electron chi connectivity index (χ2n) is 5.79. The van der Waals surface area contributed by atoms with Crippen molar-refractivity contribution in [3.63, 3.8) is 0 Å². The smallest absolute Gasteiger partial charge is 0.319 e. The van der Waals surface area contributed by atoms with Gasteiger partial charge in [-0.05, 0) is 29.5 Å². The fourth-order valence-corrected chi connectivity index (χ4v) is 2.77. The number of urea groups is 1. The van der Waals surface area contributed by atoms with E-state index in [1.54, 1.807) is 0 Å². The molecule has 2 aromatic rings. The normalized spacial score (nSPS) is 14.3. The maximum absolute atomic E-state index is 12.3. The van der Waals surface area contributed by atoms with Gasteiger partial charge in [-0.3, -0.25) is 0 Å². The Bertz CT molecular complexity index is 636. The van der Waals surface area contributed by atoms with E-state index in [0.29, 0.717) is 0 Å². The van der Waals surface area contributed by atoms with E-state index in [2.05, 4.69) is 10.6 Å². The topological polar surface area (TPSA) is 50.4 Å². The molecule has 0 radical (unpaired) electrons. The van der Waals surface area contributed by atoms with E-state index in [-0.39, 0.29) is 12.1 Å². The van der Waals surface area contributed by atoms with Gasteiger partial charge in [-0.1, -0.05) is 60.7 Å². The standard InChI is InChI=1S/C20H22N2O2/c23-20(21-15-16-11-13-24-14-12-16)22-19(17-7-3-1-4-8-17)18-9-5-2-6-10-18/h1-10,15,19H,11-14H2,(H2,21,22,23). The van der Waals surface area contributed by atoms with Crippen LogP contribution >= 0.6 is 0 Å². The van der Waals surface area contributed by atoms with E-state index >= 15 is 0 Å². The second kappa shape index (κ2) is 8.31. The first-order chi connectivity index (χ1) is 11.8. The molecule has 2 aromatic carbocycles. The zero-order chi connectivity index (χ0) is 16.6. The molecule has 1 saturated heterocycles. The van der Waals surface area contributed by atoms with Gasteiger partial charge >= 0.3 is 6.03 Å². The number of benzene rings is 2. The lowest BCUT2D eigenvalue weighted by Gasteiger charge is -2.20. The SMILES string of the molecule is O=C(NC=C1CCOCC1)NC(c1ccccc1)c1ccccc1. The summed E-state index contributed by atoms with van der Waals surface area (Å²) in [7, 11) is 0. The summed E-state index contributed by atoms with van der Waals surface area (Å²) in [5.74, 6) is 0. The fourth-order valence-electron chi connectivity index (χ4n) is 2.77. The quantitative estimate of drug-likeness (QED) is 0.900. The van der Waals surface area contributed by atoms with Gasteiger partial charge in [-0.15, -0.1) is 0 Å². The molecule has 4 heteroatoms. The maximum Gasteiger partial charge on any atom is 0.319 e. The van der Waals surface area contributed by atoms with Crippen molar-refractivity contribution in [2.24, 2.45) is 0 Å². The van der Waals surface area contributed by atoms with Crippen molar-refractivity contribution in [1.82, 2.24) is 10.6 Å². The van der Waals surface area contributed by atoms with Gasteiger partial charge in [0.25, 0.3) is 0 Å². The molecule has 0 aromatic heterocycles. The average molecular weight is 322 g/mol. The molecule has 124 valence electrons. The Balaban J connectivity index is 1.71. The van der Waals surface area contributed by atoms with Crippen LogP contribution in [0.25, 0.3) is 0 Å². The molecule has 0 saturated carbocycles. The molecule has 1 heterocycles. The van der Waals surface area contributed by atoms with Crippen LogP contribution in [-0.2, 0) is 4.74 Å². The van der Waals surface area contributed by atoms with Crippen molar-refractivity contribution in [1.29, 1.82) is 0 Å². The van der Waals surface area contributed by atoms with E-state index in [4.69, 9.17) is 4.74 Å². The minimum Gasteiger partial charge on any atom is -0.381 e. The van der Waals surface area contributed by atoms with E-state index in [1.807, 2.05) is 66.9 Å². The van der Waals surface area contributed by atoms with Gasteiger partial charge in [0.1, 0.15) is 0 Å². The van der Waals surface area contributed by atoms with Crippen LogP contribution in [-0.4, -0.2) is 19.2 Å². The lowest BCUT2D eigenvalue weighted by Crippen LogP contribution is -2.36. The molecular weight excluding hydrogens is 300 g/mol. The van der Waals surface area contributed by atoms with Gasteiger partial charge in [0.05, 0.1) is 19.3 Å². The molecule has 0 atom stereocenters. The number of carbonyl (C=O) groups excluding carboxylic acids is 1. The highest BCUT2D eigenvalue weighted by Crippen LogP contribution is 2.21. The molecule has 0 aliphatic carbocycles. The molecule has 24 heavy (non-hydrogen) atoms. The number of carbonyl (C=O) groups is 1. The van der Waals surface area contributed by atoms with Gasteiger partial charge in [0.15, 0.2) is 0 Å². The lowest BCUT2D eigenvalue weighted by atomic mass is 9.99. The Morgan fingerprint density at radius 1 is 0.917 bits per heavy atom. The van der Waals surface area contributed by atoms with Crippen molar-refractivity contribution in [2.45, 2.75) is 18.9 Å². The molecular formula is C20H22N2O2. The predicted molar refractivity (Wildman–Crippen MR) is 94.5 cm³/mol. The first-order valence-corrected chi connectivity index (χ1v) is 8.25. The van der Waals surface area contributed by atoms with E-state index in [1.165, 1.54) is 5.57 Å². The van der Waals surface area contributed by atoms with Gasteiger partial charge in [0, 0.05) is 6.20 Å². The predicted octanol–water partition coefficient (Wildman–Crippen LogP) is 3.77. The monoisotopic (exact) mass is 322 g/mol. The minimum absolute atomic E-state index is 0.180. The van der Waals surface area contributed by atoms with Crippen molar-refractivity contribution < 1.29 is 9.53 Å². The molecule has 0 bridgehead atoms. The second-order valence-corrected chi connectivity index (χ2v) is 5.79. The third kappa shape index (κ3) is 4.46. The third-order valence-corrected chi connectivity index (χ3v) is 4.08. The van der Waals surface area contributed by atoms with Crippen LogP contribution in [0, 0.1) is 0 Å². The van der Waals surface area contributed by atoms with Crippen molar-refractivity contribution in [3.05, 3.63) is 83.6 Å². The number of hydrogen-bond donors (Lipinski definition) is 2. The number of rotatable bonds is 4. The number of amides is 2. The first kappa shape index (κ1) is 16.3. The Morgan fingerprint density at radius 2 is 1.46 bits per heavy atom. The van der Waals surface area contributed by atoms with E-state index in [0.717, 1.165) is 37.2 Å². The zero-order valence-corrected chi connectivity index (χ0v) is 13.6. The van der Waals surface area contributed by atoms with Crippen LogP contribution in [0.5, 0.6) is 0 Å². The van der Waals surface area contributed by atoms with Crippen molar-refractivity contribution >= 4 is 6.03 Å². The van der Waals surface area contributed by atoms with Gasteiger partial charge in [-0.2, -0.15) is 0 Å². The summed E-state index contributed by atoms with van der Waals surface area (Å²) in [4.78, 5) is 12.3. The molecule has 4 nitrogen and oxygen atoms in total. The Morgan fingerprint density at radius 3 is 2.00 bits per heavy atom. The van der Waals surface area contributed by atoms with Crippen molar-refractivity contribution in [3.8, 4) is 0 Å². The van der Waals surface area contributed by atoms with Gasteiger partial charge in [0.2, 0.25) is 0 Å². The average Bonchev–Trinajstić information content (AvgIpc) is 2.67. The van der Waals surface area contributed by atoms with Crippen LogP contribution in [0.2, 0.25) is 0 Å². The molecule has 2 amide bonds. The molecule has 0 unspecified atom stereocenters. The highest BCUT2D eigenvalue weighted by molar-refractivity contribution is 5.76. The summed E-state index contributed by atoms with van der Waals surface area (Å²) < 4.78 is 5.32. The van der Waals surface area contributed by atoms with Crippen LogP contribution in [0.1, 0.15) is 30.0 Å². The Hall–Kier alpha value is -2.59. The third-order valence-electron chi connectivity index (χ3n) is 4.08. The maximum atomic E-state index is 12.3. The number of ether oxygens (including phenoxy) is 1. The zero-order valence-electron chi connectivity index (χ0n) is 13.6. The summed E-state index contributed by atoms with van der Waals surface area (Å²) in [5.41, 5.74) is 3.32. The number of hydrogen-bond acceptors (Lipinski definition) is 2. The molecule has 3 rings (SSSR count). The summed E-state index contributed by atoms with van der Waals surface area (Å²) in [6.07, 6.45) is 3.56. The van der Waals surface area contributed by atoms with Crippen LogP contribution < -0.4 is 10.6 Å². The van der Waals surface area contributed by atoms with Crippen LogP contribution in [0.4, 0.5) is 4.79 Å².